The second-order valence-corrected chi connectivity index (χ2v) is 4.44. The molecule has 0 bridgehead atoms. The zero-order valence-corrected chi connectivity index (χ0v) is 12.3. The highest BCUT2D eigenvalue weighted by atomic mass is 19.5. The van der Waals surface area contributed by atoms with Gasteiger partial charge in [0.25, 0.3) is 17.5 Å². The SMILES string of the molecule is C[n+]1nc(F)ccc1NCc1ccc([N+](=O)[O-])cc1.F[B-](F)(F)F. The standard InChI is InChI=1S/C12H11FN4O2.BF4/c1-16-12(7-6-11(13)15-16)14-8-9-2-4-10(5-3-9)17(18)19;2-1(3,4)5/h2-7H,8H2,1H3;/q;-1/p+1. The number of rotatable bonds is 4. The molecule has 0 aliphatic carbocycles. The minimum absolute atomic E-state index is 0.0535. The van der Waals surface area contributed by atoms with Crippen LogP contribution in [0.1, 0.15) is 5.56 Å². The Morgan fingerprint density at radius 2 is 1.71 bits per heavy atom. The number of hydrogen-bond donors (Lipinski definition) is 1. The van der Waals surface area contributed by atoms with E-state index in [1.54, 1.807) is 25.2 Å². The molecule has 0 atom stereocenters. The maximum atomic E-state index is 12.8. The molecule has 0 aliphatic heterocycles. The summed E-state index contributed by atoms with van der Waals surface area (Å²) in [6.07, 6.45) is 0. The van der Waals surface area contributed by atoms with Crippen molar-refractivity contribution in [1.82, 2.24) is 5.10 Å². The van der Waals surface area contributed by atoms with E-state index < -0.39 is 18.1 Å². The van der Waals surface area contributed by atoms with Crippen molar-refractivity contribution in [1.29, 1.82) is 0 Å². The van der Waals surface area contributed by atoms with E-state index in [9.17, 15) is 31.8 Å². The van der Waals surface area contributed by atoms with Crippen molar-refractivity contribution in [2.24, 2.45) is 7.05 Å². The van der Waals surface area contributed by atoms with E-state index in [0.29, 0.717) is 12.4 Å². The van der Waals surface area contributed by atoms with Gasteiger partial charge in [0.15, 0.2) is 0 Å². The van der Waals surface area contributed by atoms with E-state index in [4.69, 9.17) is 0 Å². The first-order valence-corrected chi connectivity index (χ1v) is 6.43. The third-order valence-electron chi connectivity index (χ3n) is 2.59. The maximum Gasteiger partial charge on any atom is 0.673 e. The lowest BCUT2D eigenvalue weighted by Gasteiger charge is -2.02. The summed E-state index contributed by atoms with van der Waals surface area (Å²) < 4.78 is 53.2. The molecular formula is C12H12BF5N4O2. The van der Waals surface area contributed by atoms with Crippen molar-refractivity contribution >= 4 is 18.8 Å². The van der Waals surface area contributed by atoms with Crippen LogP contribution in [0, 0.1) is 16.1 Å². The van der Waals surface area contributed by atoms with Crippen molar-refractivity contribution in [3.05, 3.63) is 58.0 Å². The van der Waals surface area contributed by atoms with Crippen LogP contribution in [0.25, 0.3) is 0 Å². The molecule has 0 unspecified atom stereocenters. The van der Waals surface area contributed by atoms with Crippen LogP contribution in [0.3, 0.4) is 0 Å². The Hall–Kier alpha value is -2.79. The third-order valence-corrected chi connectivity index (χ3v) is 2.59. The van der Waals surface area contributed by atoms with Crippen LogP contribution in [-0.2, 0) is 13.6 Å². The first kappa shape index (κ1) is 19.3. The summed E-state index contributed by atoms with van der Waals surface area (Å²) >= 11 is 0. The fourth-order valence-corrected chi connectivity index (χ4v) is 1.59. The van der Waals surface area contributed by atoms with Crippen molar-refractivity contribution in [2.75, 3.05) is 5.32 Å². The van der Waals surface area contributed by atoms with E-state index in [2.05, 4.69) is 10.4 Å². The summed E-state index contributed by atoms with van der Waals surface area (Å²) in [6, 6.07) is 9.07. The van der Waals surface area contributed by atoms with E-state index in [1.165, 1.54) is 22.9 Å². The van der Waals surface area contributed by atoms with Crippen LogP contribution < -0.4 is 10.00 Å². The minimum atomic E-state index is -6.00. The van der Waals surface area contributed by atoms with Crippen molar-refractivity contribution in [2.45, 2.75) is 6.54 Å². The number of hydrogen-bond acceptors (Lipinski definition) is 4. The van der Waals surface area contributed by atoms with Crippen LogP contribution in [0.4, 0.5) is 33.2 Å². The summed E-state index contributed by atoms with van der Waals surface area (Å²) in [5.41, 5.74) is 0.938. The maximum absolute atomic E-state index is 12.8. The van der Waals surface area contributed by atoms with Crippen LogP contribution >= 0.6 is 0 Å². The molecule has 0 aliphatic rings. The second kappa shape index (κ2) is 8.18. The molecule has 2 aromatic rings. The van der Waals surface area contributed by atoms with E-state index in [-0.39, 0.29) is 5.69 Å². The molecule has 0 fully saturated rings. The molecule has 24 heavy (non-hydrogen) atoms. The molecule has 1 N–H and O–H groups in total. The number of anilines is 1. The number of benzene rings is 1. The molecule has 6 nitrogen and oxygen atoms in total. The lowest BCUT2D eigenvalue weighted by Crippen LogP contribution is -2.37. The molecule has 1 heterocycles. The monoisotopic (exact) mass is 350 g/mol. The van der Waals surface area contributed by atoms with Gasteiger partial charge in [-0.25, -0.2) is 0 Å². The fraction of sp³-hybridized carbons (Fsp3) is 0.167. The van der Waals surface area contributed by atoms with Crippen LogP contribution in [-0.4, -0.2) is 17.3 Å². The van der Waals surface area contributed by atoms with Gasteiger partial charge in [-0.3, -0.25) is 15.4 Å². The zero-order valence-electron chi connectivity index (χ0n) is 12.3. The number of nitrogens with zero attached hydrogens (tertiary/aromatic N) is 3. The molecule has 1 aromatic carbocycles. The number of halogens is 5. The van der Waals surface area contributed by atoms with Gasteiger partial charge in [0.05, 0.1) is 4.92 Å². The highest BCUT2D eigenvalue weighted by Gasteiger charge is 2.20. The van der Waals surface area contributed by atoms with Gasteiger partial charge in [-0.05, 0) is 17.7 Å². The van der Waals surface area contributed by atoms with Gasteiger partial charge in [-0.1, -0.05) is 5.10 Å². The first-order valence-electron chi connectivity index (χ1n) is 6.43. The minimum Gasteiger partial charge on any atom is -0.418 e. The lowest BCUT2D eigenvalue weighted by molar-refractivity contribution is -0.719. The van der Waals surface area contributed by atoms with Crippen molar-refractivity contribution in [3.8, 4) is 0 Å². The average molecular weight is 350 g/mol. The molecule has 2 rings (SSSR count). The van der Waals surface area contributed by atoms with Crippen LogP contribution in [0.5, 0.6) is 0 Å². The van der Waals surface area contributed by atoms with Gasteiger partial charge in [-0.15, -0.1) is 4.68 Å². The zero-order chi connectivity index (χ0) is 18.3. The number of non-ortho nitro benzene ring substituents is 1. The number of nitro benzene ring substituents is 1. The molecule has 1 aromatic heterocycles. The summed E-state index contributed by atoms with van der Waals surface area (Å²) in [5.74, 6) is 0.100. The van der Waals surface area contributed by atoms with E-state index >= 15 is 0 Å². The largest absolute Gasteiger partial charge is 0.673 e. The Morgan fingerprint density at radius 3 is 2.17 bits per heavy atom. The molecule has 130 valence electrons. The van der Waals surface area contributed by atoms with Gasteiger partial charge in [0.2, 0.25) is 0 Å². The fourth-order valence-electron chi connectivity index (χ4n) is 1.59. The van der Waals surface area contributed by atoms with Gasteiger partial charge in [0.1, 0.15) is 13.6 Å². The summed E-state index contributed by atoms with van der Waals surface area (Å²) in [6.45, 7) is 0.471. The summed E-state index contributed by atoms with van der Waals surface area (Å²) in [7, 11) is -4.37. The molecule has 0 amide bonds. The molecule has 0 radical (unpaired) electrons. The molecule has 0 spiro atoms. The van der Waals surface area contributed by atoms with Gasteiger partial charge in [0, 0.05) is 24.3 Å². The molecular weight excluding hydrogens is 338 g/mol. The Bertz CT molecular complexity index is 691. The third kappa shape index (κ3) is 7.47. The van der Waals surface area contributed by atoms with Gasteiger partial charge < -0.3 is 17.3 Å². The highest BCUT2D eigenvalue weighted by molar-refractivity contribution is 6.50. The van der Waals surface area contributed by atoms with Gasteiger partial charge in [-0.2, -0.15) is 4.39 Å². The predicted octanol–water partition coefficient (Wildman–Crippen LogP) is 2.87. The van der Waals surface area contributed by atoms with E-state index in [1.807, 2.05) is 0 Å². The van der Waals surface area contributed by atoms with Crippen LogP contribution in [0.2, 0.25) is 0 Å². The normalized spacial score (nSPS) is 10.6. The summed E-state index contributed by atoms with van der Waals surface area (Å²) in [5, 5.41) is 17.2. The average Bonchev–Trinajstić information content (AvgIpc) is 2.45. The van der Waals surface area contributed by atoms with Crippen molar-refractivity contribution < 1.29 is 31.3 Å². The lowest BCUT2D eigenvalue weighted by atomic mass is 10.2. The summed E-state index contributed by atoms with van der Waals surface area (Å²) in [4.78, 5) is 10.1. The molecule has 12 heteroatoms. The number of aromatic nitrogens is 2. The van der Waals surface area contributed by atoms with Crippen LogP contribution in [0.15, 0.2) is 36.4 Å². The Morgan fingerprint density at radius 1 is 1.17 bits per heavy atom. The Labute approximate surface area is 133 Å². The predicted molar refractivity (Wildman–Crippen MR) is 76.0 cm³/mol. The number of nitrogens with one attached hydrogen (secondary N) is 1. The number of nitro groups is 1. The van der Waals surface area contributed by atoms with E-state index in [0.717, 1.165) is 5.56 Å². The topological polar surface area (TPSA) is 71.9 Å². The van der Waals surface area contributed by atoms with Gasteiger partial charge >= 0.3 is 7.25 Å². The smallest absolute Gasteiger partial charge is 0.418 e. The van der Waals surface area contributed by atoms with Crippen molar-refractivity contribution in [3.63, 3.8) is 0 Å². The molecule has 0 saturated heterocycles. The quantitative estimate of drug-likeness (QED) is 0.303. The highest BCUT2D eigenvalue weighted by Crippen LogP contribution is 2.12. The Balaban J connectivity index is 0.000000505. The molecule has 0 saturated carbocycles. The Kier molecular flexibility index (Phi) is 6.56. The number of aryl methyl sites for hydroxylation is 1. The first-order chi connectivity index (χ1) is 11.1. The second-order valence-electron chi connectivity index (χ2n) is 4.44.